The van der Waals surface area contributed by atoms with Crippen LogP contribution < -0.4 is 9.80 Å². The van der Waals surface area contributed by atoms with E-state index in [1.165, 1.54) is 55.9 Å². The Kier molecular flexibility index (Phi) is 10.4. The van der Waals surface area contributed by atoms with E-state index in [2.05, 4.69) is 218 Å². The molecule has 52 heavy (non-hydrogen) atoms. The predicted octanol–water partition coefficient (Wildman–Crippen LogP) is 15.0. The van der Waals surface area contributed by atoms with Crippen molar-refractivity contribution in [2.24, 2.45) is 0 Å². The van der Waals surface area contributed by atoms with Crippen LogP contribution in [0.1, 0.15) is 128 Å². The average molecular weight is 693 g/mol. The second-order valence-electron chi connectivity index (χ2n) is 19.2. The lowest BCUT2D eigenvalue weighted by atomic mass is 9.84. The van der Waals surface area contributed by atoms with Gasteiger partial charge in [0.15, 0.2) is 0 Å². The molecule has 2 heteroatoms. The summed E-state index contributed by atoms with van der Waals surface area (Å²) in [7, 11) is 0. The van der Waals surface area contributed by atoms with Crippen molar-refractivity contribution in [3.63, 3.8) is 0 Å². The fourth-order valence-corrected chi connectivity index (χ4v) is 7.27. The summed E-state index contributed by atoms with van der Waals surface area (Å²) in [6.45, 7) is 36.5. The van der Waals surface area contributed by atoms with Crippen molar-refractivity contribution in [1.82, 2.24) is 0 Å². The van der Waals surface area contributed by atoms with Gasteiger partial charge >= 0.3 is 0 Å². The van der Waals surface area contributed by atoms with E-state index in [4.69, 9.17) is 0 Å². The van der Waals surface area contributed by atoms with E-state index in [0.717, 1.165) is 22.7 Å². The lowest BCUT2D eigenvalue weighted by Crippen LogP contribution is -2.18. The van der Waals surface area contributed by atoms with Crippen LogP contribution >= 0.6 is 0 Å². The minimum atomic E-state index is 0.0742. The van der Waals surface area contributed by atoms with Crippen molar-refractivity contribution < 1.29 is 0 Å². The Morgan fingerprint density at radius 3 is 0.673 bits per heavy atom. The summed E-state index contributed by atoms with van der Waals surface area (Å²) in [4.78, 5) is 4.90. The largest absolute Gasteiger partial charge is 0.310 e. The molecule has 5 aromatic rings. The van der Waals surface area contributed by atoms with Gasteiger partial charge in [0.25, 0.3) is 0 Å². The molecule has 0 aliphatic heterocycles. The average Bonchev–Trinajstić information content (AvgIpc) is 3.03. The van der Waals surface area contributed by atoms with Gasteiger partial charge in [-0.05, 0) is 142 Å². The van der Waals surface area contributed by atoms with Crippen molar-refractivity contribution >= 4 is 34.1 Å². The highest BCUT2D eigenvalue weighted by Gasteiger charge is 2.25. The SMILES string of the molecule is Cc1cc(C(C)(C)C)cc(C)c1N(c1ccc(N(c2ccc(C(C)(C)C)cc2)c2c(C)cc(C(C)(C)C)cc2C)cc1)c1ccc(C(C)(C)C)cc1. The fourth-order valence-electron chi connectivity index (χ4n) is 7.27. The lowest BCUT2D eigenvalue weighted by molar-refractivity contribution is 0.589. The Morgan fingerprint density at radius 1 is 0.288 bits per heavy atom. The van der Waals surface area contributed by atoms with Crippen LogP contribution in [0.5, 0.6) is 0 Å². The Bertz CT molecular complexity index is 1820. The molecular formula is C50H64N2. The highest BCUT2D eigenvalue weighted by Crippen LogP contribution is 2.45. The zero-order chi connectivity index (χ0) is 38.6. The summed E-state index contributed by atoms with van der Waals surface area (Å²) >= 11 is 0. The van der Waals surface area contributed by atoms with Gasteiger partial charge in [-0.1, -0.05) is 132 Å². The van der Waals surface area contributed by atoms with Crippen LogP contribution in [0.25, 0.3) is 0 Å². The molecule has 0 aliphatic carbocycles. The normalized spacial score (nSPS) is 12.6. The van der Waals surface area contributed by atoms with Crippen LogP contribution in [-0.2, 0) is 21.7 Å². The molecule has 5 rings (SSSR count). The minimum absolute atomic E-state index is 0.0742. The van der Waals surface area contributed by atoms with Crippen LogP contribution in [0.4, 0.5) is 34.1 Å². The first-order valence-electron chi connectivity index (χ1n) is 19.1. The standard InChI is InChI=1S/C50H64N2/c1-33-29-39(49(11,12)13)30-34(2)45(33)51(41-21-17-37(18-22-41)47(5,6)7)43-25-27-44(28-26-43)52(42-23-19-38(20-24-42)48(8,9)10)46-35(3)31-40(32-36(46)4)50(14,15)16/h17-32H,1-16H3. The van der Waals surface area contributed by atoms with Gasteiger partial charge in [-0.25, -0.2) is 0 Å². The first kappa shape index (κ1) is 38.9. The molecule has 0 atom stereocenters. The molecule has 0 bridgehead atoms. The van der Waals surface area contributed by atoms with Gasteiger partial charge in [0.1, 0.15) is 0 Å². The molecule has 0 N–H and O–H groups in total. The first-order chi connectivity index (χ1) is 24.0. The Hall–Kier alpha value is -4.30. The number of anilines is 6. The number of aryl methyl sites for hydroxylation is 4. The van der Waals surface area contributed by atoms with Gasteiger partial charge in [0, 0.05) is 22.7 Å². The van der Waals surface area contributed by atoms with Crippen molar-refractivity contribution in [2.75, 3.05) is 9.80 Å². The second kappa shape index (κ2) is 13.9. The Balaban J connectivity index is 1.70. The smallest absolute Gasteiger partial charge is 0.0520 e. The molecule has 0 spiro atoms. The number of rotatable bonds is 6. The van der Waals surface area contributed by atoms with Gasteiger partial charge < -0.3 is 9.80 Å². The van der Waals surface area contributed by atoms with E-state index in [0.29, 0.717) is 0 Å². The highest BCUT2D eigenvalue weighted by atomic mass is 15.2. The van der Waals surface area contributed by atoms with Crippen LogP contribution in [0.15, 0.2) is 97.1 Å². The zero-order valence-electron chi connectivity index (χ0n) is 35.1. The van der Waals surface area contributed by atoms with Gasteiger partial charge in [-0.15, -0.1) is 0 Å². The molecule has 0 fully saturated rings. The molecule has 0 aliphatic rings. The van der Waals surface area contributed by atoms with Gasteiger partial charge in [0.2, 0.25) is 0 Å². The zero-order valence-corrected chi connectivity index (χ0v) is 35.1. The molecule has 0 amide bonds. The number of nitrogens with zero attached hydrogens (tertiary/aromatic N) is 2. The fraction of sp³-hybridized carbons (Fsp3) is 0.400. The Labute approximate surface area is 316 Å². The molecule has 2 nitrogen and oxygen atoms in total. The topological polar surface area (TPSA) is 6.48 Å². The van der Waals surface area contributed by atoms with Crippen molar-refractivity contribution in [3.05, 3.63) is 142 Å². The van der Waals surface area contributed by atoms with E-state index in [1.807, 2.05) is 0 Å². The van der Waals surface area contributed by atoms with E-state index < -0.39 is 0 Å². The third-order valence-electron chi connectivity index (χ3n) is 10.5. The third-order valence-corrected chi connectivity index (χ3v) is 10.5. The third kappa shape index (κ3) is 8.17. The summed E-state index contributed by atoms with van der Waals surface area (Å²) in [5.41, 5.74) is 17.9. The van der Waals surface area contributed by atoms with Gasteiger partial charge in [0.05, 0.1) is 11.4 Å². The van der Waals surface area contributed by atoms with E-state index in [9.17, 15) is 0 Å². The summed E-state index contributed by atoms with van der Waals surface area (Å²) < 4.78 is 0. The maximum Gasteiger partial charge on any atom is 0.0520 e. The second-order valence-corrected chi connectivity index (χ2v) is 19.2. The quantitative estimate of drug-likeness (QED) is 0.175. The van der Waals surface area contributed by atoms with E-state index in [-0.39, 0.29) is 21.7 Å². The molecule has 0 radical (unpaired) electrons. The minimum Gasteiger partial charge on any atom is -0.310 e. The molecule has 0 unspecified atom stereocenters. The number of hydrogen-bond donors (Lipinski definition) is 0. The van der Waals surface area contributed by atoms with Gasteiger partial charge in [-0.2, -0.15) is 0 Å². The molecular weight excluding hydrogens is 629 g/mol. The number of benzene rings is 5. The van der Waals surface area contributed by atoms with Crippen LogP contribution in [0.3, 0.4) is 0 Å². The maximum atomic E-state index is 2.45. The lowest BCUT2D eigenvalue weighted by Gasteiger charge is -2.33. The molecule has 274 valence electrons. The van der Waals surface area contributed by atoms with Crippen molar-refractivity contribution in [2.45, 2.75) is 132 Å². The Morgan fingerprint density at radius 2 is 0.481 bits per heavy atom. The van der Waals surface area contributed by atoms with E-state index in [1.54, 1.807) is 0 Å². The monoisotopic (exact) mass is 693 g/mol. The maximum absolute atomic E-state index is 2.45. The van der Waals surface area contributed by atoms with Crippen LogP contribution in [0.2, 0.25) is 0 Å². The molecule has 0 aromatic heterocycles. The molecule has 0 heterocycles. The number of hydrogen-bond acceptors (Lipinski definition) is 2. The summed E-state index contributed by atoms with van der Waals surface area (Å²) in [6.07, 6.45) is 0. The highest BCUT2D eigenvalue weighted by molar-refractivity contribution is 5.85. The summed E-state index contributed by atoms with van der Waals surface area (Å²) in [5.74, 6) is 0. The molecule has 0 saturated heterocycles. The van der Waals surface area contributed by atoms with Crippen molar-refractivity contribution in [3.8, 4) is 0 Å². The van der Waals surface area contributed by atoms with Gasteiger partial charge in [-0.3, -0.25) is 0 Å². The predicted molar refractivity (Wildman–Crippen MR) is 230 cm³/mol. The molecule has 0 saturated carbocycles. The van der Waals surface area contributed by atoms with Crippen LogP contribution in [0, 0.1) is 27.7 Å². The first-order valence-corrected chi connectivity index (χ1v) is 19.1. The summed E-state index contributed by atoms with van der Waals surface area (Å²) in [5, 5.41) is 0. The van der Waals surface area contributed by atoms with Crippen molar-refractivity contribution in [1.29, 1.82) is 0 Å². The van der Waals surface area contributed by atoms with Crippen LogP contribution in [-0.4, -0.2) is 0 Å². The van der Waals surface area contributed by atoms with E-state index >= 15 is 0 Å². The summed E-state index contributed by atoms with van der Waals surface area (Å²) in [6, 6.07) is 37.0. The molecule has 5 aromatic carbocycles.